The van der Waals surface area contributed by atoms with Crippen molar-refractivity contribution in [2.45, 2.75) is 27.7 Å². The Kier molecular flexibility index (Phi) is 3.70. The van der Waals surface area contributed by atoms with Crippen molar-refractivity contribution in [2.24, 2.45) is 0 Å². The molecule has 1 aromatic carbocycles. The Balaban J connectivity index is 3.44. The summed E-state index contributed by atoms with van der Waals surface area (Å²) in [6.45, 7) is 8.46. The zero-order valence-corrected chi connectivity index (χ0v) is 9.46. The lowest BCUT2D eigenvalue weighted by Crippen LogP contribution is -2.26. The van der Waals surface area contributed by atoms with Crippen molar-refractivity contribution in [3.05, 3.63) is 45.8 Å². The van der Waals surface area contributed by atoms with Gasteiger partial charge in [-0.1, -0.05) is 42.0 Å². The Morgan fingerprint density at radius 1 is 1.21 bits per heavy atom. The Bertz CT molecular complexity index is 443. The van der Waals surface area contributed by atoms with Gasteiger partial charge in [-0.15, -0.1) is 0 Å². The maximum atomic E-state index is 2.18. The summed E-state index contributed by atoms with van der Waals surface area (Å²) in [6.07, 6.45) is 6.50. The first-order chi connectivity index (χ1) is 6.65. The maximum Gasteiger partial charge on any atom is -0.0185 e. The molecular weight excluding hydrogens is 168 g/mol. The molecule has 0 heterocycles. The topological polar surface area (TPSA) is 0 Å². The first kappa shape index (κ1) is 10.8. The Labute approximate surface area is 86.3 Å². The highest BCUT2D eigenvalue weighted by atomic mass is 13.9. The zero-order chi connectivity index (χ0) is 10.6. The lowest BCUT2D eigenvalue weighted by molar-refractivity contribution is 1.36. The highest BCUT2D eigenvalue weighted by Crippen LogP contribution is 1.88. The van der Waals surface area contributed by atoms with Gasteiger partial charge in [-0.25, -0.2) is 0 Å². The summed E-state index contributed by atoms with van der Waals surface area (Å²) in [4.78, 5) is 0. The molecule has 0 aliphatic rings. The van der Waals surface area contributed by atoms with Gasteiger partial charge in [0.25, 0.3) is 0 Å². The second-order valence-electron chi connectivity index (χ2n) is 3.78. The van der Waals surface area contributed by atoms with Crippen LogP contribution in [0.3, 0.4) is 0 Å². The molecule has 0 spiro atoms. The van der Waals surface area contributed by atoms with Crippen molar-refractivity contribution in [3.8, 4) is 0 Å². The number of allylic oxidation sites excluding steroid dienone is 2. The van der Waals surface area contributed by atoms with Crippen LogP contribution in [0.25, 0.3) is 12.2 Å². The van der Waals surface area contributed by atoms with E-state index < -0.39 is 0 Å². The molecule has 0 unspecified atom stereocenters. The second-order valence-corrected chi connectivity index (χ2v) is 3.78. The first-order valence-corrected chi connectivity index (χ1v) is 5.02. The largest absolute Gasteiger partial charge is 0.0795 e. The van der Waals surface area contributed by atoms with Crippen LogP contribution in [0.15, 0.2) is 29.8 Å². The van der Waals surface area contributed by atoms with Crippen LogP contribution in [-0.2, 0) is 0 Å². The van der Waals surface area contributed by atoms with Crippen LogP contribution in [0.2, 0.25) is 0 Å². The molecule has 0 aliphatic heterocycles. The predicted octanol–water partition coefficient (Wildman–Crippen LogP) is 2.54. The van der Waals surface area contributed by atoms with Gasteiger partial charge in [0.05, 0.1) is 0 Å². The van der Waals surface area contributed by atoms with Crippen molar-refractivity contribution in [1.29, 1.82) is 0 Å². The average molecular weight is 186 g/mol. The molecule has 0 aliphatic carbocycles. The van der Waals surface area contributed by atoms with Crippen LogP contribution in [-0.4, -0.2) is 0 Å². The van der Waals surface area contributed by atoms with E-state index in [1.807, 2.05) is 0 Å². The van der Waals surface area contributed by atoms with Crippen molar-refractivity contribution >= 4 is 12.2 Å². The summed E-state index contributed by atoms with van der Waals surface area (Å²) in [6, 6.07) is 6.41. The molecule has 14 heavy (non-hydrogen) atoms. The van der Waals surface area contributed by atoms with E-state index in [9.17, 15) is 0 Å². The van der Waals surface area contributed by atoms with Crippen molar-refractivity contribution in [1.82, 2.24) is 0 Å². The van der Waals surface area contributed by atoms with Gasteiger partial charge in [-0.05, 0) is 43.7 Å². The summed E-state index contributed by atoms with van der Waals surface area (Å²) in [7, 11) is 0. The van der Waals surface area contributed by atoms with Gasteiger partial charge in [0, 0.05) is 0 Å². The summed E-state index contributed by atoms with van der Waals surface area (Å²) in [5.74, 6) is 0. The molecule has 0 fully saturated rings. The Morgan fingerprint density at radius 2 is 1.93 bits per heavy atom. The average Bonchev–Trinajstić information content (AvgIpc) is 2.14. The normalized spacial score (nSPS) is 13.1. The highest BCUT2D eigenvalue weighted by molar-refractivity contribution is 5.42. The van der Waals surface area contributed by atoms with E-state index in [4.69, 9.17) is 0 Å². The van der Waals surface area contributed by atoms with Gasteiger partial charge in [0.1, 0.15) is 0 Å². The van der Waals surface area contributed by atoms with Gasteiger partial charge in [-0.2, -0.15) is 0 Å². The van der Waals surface area contributed by atoms with Crippen LogP contribution >= 0.6 is 0 Å². The molecule has 0 atom stereocenters. The minimum absolute atomic E-state index is 1.30. The van der Waals surface area contributed by atoms with Crippen LogP contribution in [0.5, 0.6) is 0 Å². The van der Waals surface area contributed by atoms with Gasteiger partial charge in [-0.3, -0.25) is 0 Å². The molecule has 0 nitrogen and oxygen atoms in total. The smallest absolute Gasteiger partial charge is 0.0185 e. The number of hydrogen-bond donors (Lipinski definition) is 0. The Hall–Kier alpha value is -1.30. The number of aryl methyl sites for hydroxylation is 1. The van der Waals surface area contributed by atoms with Gasteiger partial charge >= 0.3 is 0 Å². The summed E-state index contributed by atoms with van der Waals surface area (Å²) in [5.41, 5.74) is 2.66. The molecule has 0 heteroatoms. The molecule has 0 bridgehead atoms. The lowest BCUT2D eigenvalue weighted by atomic mass is 10.1. The summed E-state index contributed by atoms with van der Waals surface area (Å²) in [5, 5.41) is 2.64. The van der Waals surface area contributed by atoms with Crippen molar-refractivity contribution in [3.63, 3.8) is 0 Å². The third-order valence-corrected chi connectivity index (χ3v) is 2.24. The molecule has 1 rings (SSSR count). The molecule has 0 saturated carbocycles. The van der Waals surface area contributed by atoms with E-state index >= 15 is 0 Å². The number of benzene rings is 1. The van der Waals surface area contributed by atoms with Gasteiger partial charge in [0.15, 0.2) is 0 Å². The van der Waals surface area contributed by atoms with Gasteiger partial charge in [0.2, 0.25) is 0 Å². The zero-order valence-electron chi connectivity index (χ0n) is 9.46. The molecule has 74 valence electrons. The quantitative estimate of drug-likeness (QED) is 0.632. The molecule has 0 N–H and O–H groups in total. The van der Waals surface area contributed by atoms with E-state index in [-0.39, 0.29) is 0 Å². The van der Waals surface area contributed by atoms with Crippen LogP contribution in [0.1, 0.15) is 26.3 Å². The molecule has 0 radical (unpaired) electrons. The first-order valence-electron chi connectivity index (χ1n) is 5.02. The minimum atomic E-state index is 1.30. The second kappa shape index (κ2) is 4.80. The SMILES string of the molecule is C/C=c1/c(C)ccc/c1=C/C=C(C)C. The maximum absolute atomic E-state index is 2.18. The van der Waals surface area contributed by atoms with E-state index in [0.717, 1.165) is 0 Å². The molecule has 0 aromatic heterocycles. The third-order valence-electron chi connectivity index (χ3n) is 2.24. The molecule has 0 saturated heterocycles. The summed E-state index contributed by atoms with van der Waals surface area (Å²) >= 11 is 0. The van der Waals surface area contributed by atoms with Gasteiger partial charge < -0.3 is 0 Å². The highest BCUT2D eigenvalue weighted by Gasteiger charge is 1.87. The van der Waals surface area contributed by atoms with E-state index in [1.165, 1.54) is 21.6 Å². The third kappa shape index (κ3) is 2.59. The fraction of sp³-hybridized carbons (Fsp3) is 0.286. The fourth-order valence-corrected chi connectivity index (χ4v) is 1.50. The monoisotopic (exact) mass is 186 g/mol. The molecular formula is C14H18. The minimum Gasteiger partial charge on any atom is -0.0795 e. The van der Waals surface area contributed by atoms with Crippen molar-refractivity contribution in [2.75, 3.05) is 0 Å². The van der Waals surface area contributed by atoms with E-state index in [2.05, 4.69) is 64.1 Å². The van der Waals surface area contributed by atoms with Crippen LogP contribution < -0.4 is 10.4 Å². The lowest BCUT2D eigenvalue weighted by Gasteiger charge is -1.94. The Morgan fingerprint density at radius 3 is 2.50 bits per heavy atom. The molecule has 1 aromatic rings. The van der Waals surface area contributed by atoms with Crippen LogP contribution in [0.4, 0.5) is 0 Å². The van der Waals surface area contributed by atoms with E-state index in [1.54, 1.807) is 0 Å². The number of hydrogen-bond acceptors (Lipinski definition) is 0. The van der Waals surface area contributed by atoms with Crippen LogP contribution in [0, 0.1) is 6.92 Å². The number of rotatable bonds is 1. The van der Waals surface area contributed by atoms with Crippen molar-refractivity contribution < 1.29 is 0 Å². The summed E-state index contributed by atoms with van der Waals surface area (Å²) < 4.78 is 0. The standard InChI is InChI=1S/C14H18/c1-5-14-12(4)7-6-8-13(14)10-9-11(2)3/h5-10H,1-4H3/b13-10-,14-5-. The predicted molar refractivity (Wildman–Crippen MR) is 64.5 cm³/mol. The van der Waals surface area contributed by atoms with E-state index in [0.29, 0.717) is 0 Å². The fourth-order valence-electron chi connectivity index (χ4n) is 1.50. The molecule has 0 amide bonds.